The zero-order valence-corrected chi connectivity index (χ0v) is 18.5. The van der Waals surface area contributed by atoms with Crippen LogP contribution in [0.25, 0.3) is 11.6 Å². The molecule has 4 heteroatoms. The largest absolute Gasteiger partial charge is 0.497 e. The topological polar surface area (TPSA) is 47.9 Å². The molecule has 1 saturated heterocycles. The molecule has 1 aliphatic heterocycles. The molecule has 31 heavy (non-hydrogen) atoms. The van der Waals surface area contributed by atoms with Crippen LogP contribution in [0.4, 0.5) is 0 Å². The number of benzene rings is 2. The lowest BCUT2D eigenvalue weighted by Gasteiger charge is -2.44. The Hall–Kier alpha value is -2.14. The second-order valence-electron chi connectivity index (χ2n) is 9.28. The molecule has 0 spiro atoms. The summed E-state index contributed by atoms with van der Waals surface area (Å²) in [5.74, 6) is 0.854. The summed E-state index contributed by atoms with van der Waals surface area (Å²) in [5.41, 5.74) is 2.26. The van der Waals surface area contributed by atoms with Crippen molar-refractivity contribution < 1.29 is 19.3 Å². The first kappa shape index (κ1) is 20.7. The van der Waals surface area contributed by atoms with Gasteiger partial charge in [-0.15, -0.1) is 0 Å². The van der Waals surface area contributed by atoms with Gasteiger partial charge < -0.3 is 19.3 Å². The minimum absolute atomic E-state index is 0.230. The van der Waals surface area contributed by atoms with Crippen LogP contribution in [0.3, 0.4) is 0 Å². The maximum atomic E-state index is 12.5. The molecule has 2 aromatic rings. The third-order valence-electron chi connectivity index (χ3n) is 7.51. The van der Waals surface area contributed by atoms with E-state index in [2.05, 4.69) is 43.3 Å². The van der Waals surface area contributed by atoms with Crippen molar-refractivity contribution in [3.8, 4) is 5.75 Å². The van der Waals surface area contributed by atoms with Gasteiger partial charge in [0.1, 0.15) is 5.75 Å². The fraction of sp³-hybridized carbons (Fsp3) is 0.481. The third-order valence-corrected chi connectivity index (χ3v) is 7.51. The van der Waals surface area contributed by atoms with Gasteiger partial charge in [-0.2, -0.15) is 0 Å². The average molecular weight is 421 g/mol. The predicted molar refractivity (Wildman–Crippen MR) is 121 cm³/mol. The van der Waals surface area contributed by atoms with Crippen LogP contribution in [0, 0.1) is 5.41 Å². The van der Waals surface area contributed by atoms with E-state index in [1.54, 1.807) is 7.11 Å². The highest BCUT2D eigenvalue weighted by Gasteiger charge is 2.55. The van der Waals surface area contributed by atoms with Crippen LogP contribution in [0.2, 0.25) is 0 Å². The second kappa shape index (κ2) is 8.09. The van der Waals surface area contributed by atoms with E-state index in [-0.39, 0.29) is 6.29 Å². The molecule has 2 unspecified atom stereocenters. The highest BCUT2D eigenvalue weighted by Crippen LogP contribution is 2.55. The number of ether oxygens (including phenoxy) is 3. The van der Waals surface area contributed by atoms with Crippen molar-refractivity contribution >= 4 is 11.6 Å². The first-order valence-electron chi connectivity index (χ1n) is 11.5. The summed E-state index contributed by atoms with van der Waals surface area (Å²) in [7, 11) is 1.70. The van der Waals surface area contributed by atoms with E-state index in [1.165, 1.54) is 21.6 Å². The molecular formula is C27H32O4. The molecule has 164 valence electrons. The molecule has 1 N–H and O–H groups in total. The van der Waals surface area contributed by atoms with Gasteiger partial charge in [-0.3, -0.25) is 0 Å². The van der Waals surface area contributed by atoms with Crippen LogP contribution in [0.5, 0.6) is 5.75 Å². The van der Waals surface area contributed by atoms with Crippen molar-refractivity contribution in [2.45, 2.75) is 57.3 Å². The summed E-state index contributed by atoms with van der Waals surface area (Å²) in [6.45, 7) is 3.72. The Labute approximate surface area is 184 Å². The van der Waals surface area contributed by atoms with Crippen molar-refractivity contribution in [2.24, 2.45) is 5.41 Å². The van der Waals surface area contributed by atoms with Crippen molar-refractivity contribution in [2.75, 3.05) is 20.3 Å². The quantitative estimate of drug-likeness (QED) is 0.778. The first-order valence-corrected chi connectivity index (χ1v) is 11.5. The van der Waals surface area contributed by atoms with Crippen molar-refractivity contribution in [3.05, 3.63) is 64.0 Å². The van der Waals surface area contributed by atoms with E-state index in [1.807, 2.05) is 12.1 Å². The van der Waals surface area contributed by atoms with E-state index in [9.17, 15) is 5.11 Å². The van der Waals surface area contributed by atoms with Crippen molar-refractivity contribution in [1.29, 1.82) is 0 Å². The van der Waals surface area contributed by atoms with E-state index < -0.39 is 11.0 Å². The van der Waals surface area contributed by atoms with Crippen LogP contribution in [0.1, 0.15) is 50.2 Å². The van der Waals surface area contributed by atoms with E-state index in [0.717, 1.165) is 50.2 Å². The molecule has 2 aromatic carbocycles. The molecule has 1 heterocycles. The lowest BCUT2D eigenvalue weighted by Crippen LogP contribution is -2.44. The Bertz CT molecular complexity index is 1080. The van der Waals surface area contributed by atoms with E-state index >= 15 is 0 Å². The van der Waals surface area contributed by atoms with Gasteiger partial charge in [0.2, 0.25) is 0 Å². The molecule has 0 aromatic heterocycles. The first-order chi connectivity index (χ1) is 15.0. The van der Waals surface area contributed by atoms with Crippen LogP contribution >= 0.6 is 0 Å². The highest BCUT2D eigenvalue weighted by molar-refractivity contribution is 5.66. The second-order valence-corrected chi connectivity index (χ2v) is 9.28. The number of hydrogen-bond acceptors (Lipinski definition) is 4. The normalized spacial score (nSPS) is 27.6. The predicted octanol–water partition coefficient (Wildman–Crippen LogP) is 3.41. The van der Waals surface area contributed by atoms with Gasteiger partial charge in [-0.05, 0) is 65.8 Å². The molecule has 4 nitrogen and oxygen atoms in total. The van der Waals surface area contributed by atoms with Gasteiger partial charge >= 0.3 is 0 Å². The molecule has 5 rings (SSSR count). The molecule has 0 bridgehead atoms. The molecular weight excluding hydrogens is 388 g/mol. The monoisotopic (exact) mass is 420 g/mol. The Kier molecular flexibility index (Phi) is 5.41. The van der Waals surface area contributed by atoms with Crippen LogP contribution in [-0.2, 0) is 21.5 Å². The summed E-state index contributed by atoms with van der Waals surface area (Å²) in [6, 6.07) is 14.6. The Morgan fingerprint density at radius 3 is 2.74 bits per heavy atom. The van der Waals surface area contributed by atoms with Crippen molar-refractivity contribution in [1.82, 2.24) is 0 Å². The highest BCUT2D eigenvalue weighted by atomic mass is 16.7. The van der Waals surface area contributed by atoms with Gasteiger partial charge in [0, 0.05) is 11.8 Å². The fourth-order valence-electron chi connectivity index (χ4n) is 5.90. The zero-order valence-electron chi connectivity index (χ0n) is 18.5. The summed E-state index contributed by atoms with van der Waals surface area (Å²) >= 11 is 0. The number of aliphatic hydroxyl groups is 1. The Morgan fingerprint density at radius 1 is 1.13 bits per heavy atom. The van der Waals surface area contributed by atoms with Crippen LogP contribution < -0.4 is 15.2 Å². The molecule has 2 aliphatic carbocycles. The molecule has 2 atom stereocenters. The Morgan fingerprint density at radius 2 is 1.94 bits per heavy atom. The lowest BCUT2D eigenvalue weighted by molar-refractivity contribution is -0.190. The maximum Gasteiger partial charge on any atom is 0.157 e. The van der Waals surface area contributed by atoms with Gasteiger partial charge in [0.15, 0.2) is 6.29 Å². The average Bonchev–Trinajstić information content (AvgIpc) is 3.00. The summed E-state index contributed by atoms with van der Waals surface area (Å²) in [4.78, 5) is 0. The molecule has 1 fully saturated rings. The van der Waals surface area contributed by atoms with E-state index in [0.29, 0.717) is 12.8 Å². The maximum absolute atomic E-state index is 12.5. The number of methoxy groups -OCH3 is 1. The summed E-state index contributed by atoms with van der Waals surface area (Å²) < 4.78 is 17.1. The van der Waals surface area contributed by atoms with Crippen LogP contribution in [-0.4, -0.2) is 31.7 Å². The molecule has 0 saturated carbocycles. The number of hydrogen-bond donors (Lipinski definition) is 1. The van der Waals surface area contributed by atoms with Gasteiger partial charge in [0.25, 0.3) is 0 Å². The minimum Gasteiger partial charge on any atom is -0.497 e. The Balaban J connectivity index is 1.57. The fourth-order valence-corrected chi connectivity index (χ4v) is 5.90. The number of rotatable bonds is 6. The zero-order chi connectivity index (χ0) is 21.5. The van der Waals surface area contributed by atoms with Crippen LogP contribution in [0.15, 0.2) is 42.5 Å². The van der Waals surface area contributed by atoms with Gasteiger partial charge in [-0.1, -0.05) is 48.9 Å². The smallest absolute Gasteiger partial charge is 0.157 e. The SMILES string of the molecule is COc1cccc(CC2(C)C3=c4c(cccc4=CCC3)C2(O)CCC2OCCCO2)c1. The summed E-state index contributed by atoms with van der Waals surface area (Å²) in [5, 5.41) is 15.0. The van der Waals surface area contributed by atoms with Gasteiger partial charge in [0.05, 0.1) is 25.9 Å². The molecule has 0 radical (unpaired) electrons. The summed E-state index contributed by atoms with van der Waals surface area (Å²) in [6.07, 6.45) is 7.08. The standard InChI is InChI=1S/C27H32O4/c1-26(18-19-7-3-10-21(17-19)29-2)22-11-4-8-20-9-5-12-23(25(20)22)27(26,28)14-13-24-30-15-6-16-31-24/h3,5,7-10,12,17,24,28H,4,6,11,13-16,18H2,1-2H3. The minimum atomic E-state index is -0.973. The third kappa shape index (κ3) is 3.42. The molecule has 0 amide bonds. The van der Waals surface area contributed by atoms with Gasteiger partial charge in [-0.25, -0.2) is 0 Å². The lowest BCUT2D eigenvalue weighted by atomic mass is 9.64. The van der Waals surface area contributed by atoms with E-state index in [4.69, 9.17) is 14.2 Å². The molecule has 3 aliphatic rings. The van der Waals surface area contributed by atoms with Crippen molar-refractivity contribution in [3.63, 3.8) is 0 Å².